The first-order chi connectivity index (χ1) is 12.5. The summed E-state index contributed by atoms with van der Waals surface area (Å²) in [4.78, 5) is 26.3. The number of benzene rings is 2. The van der Waals surface area contributed by atoms with Crippen LogP contribution in [0.15, 0.2) is 48.5 Å². The van der Waals surface area contributed by atoms with Crippen molar-refractivity contribution >= 4 is 17.5 Å². The molecule has 136 valence electrons. The van der Waals surface area contributed by atoms with Gasteiger partial charge in [0.05, 0.1) is 19.1 Å². The number of nitrogens with zero attached hydrogens (tertiary/aromatic N) is 1. The Morgan fingerprint density at radius 2 is 2.00 bits per heavy atom. The normalized spacial score (nSPS) is 16.6. The zero-order valence-electron chi connectivity index (χ0n) is 15.2. The van der Waals surface area contributed by atoms with Gasteiger partial charge >= 0.3 is 0 Å². The van der Waals surface area contributed by atoms with Crippen LogP contribution in [-0.4, -0.2) is 31.0 Å². The maximum absolute atomic E-state index is 12.3. The van der Waals surface area contributed by atoms with E-state index in [1.54, 1.807) is 4.90 Å². The summed E-state index contributed by atoms with van der Waals surface area (Å²) < 4.78 is 5.43. The Kier molecular flexibility index (Phi) is 5.56. The molecular weight excluding hydrogens is 328 g/mol. The Balaban J connectivity index is 1.58. The molecule has 0 radical (unpaired) electrons. The number of carbonyl (C=O) groups excluding carboxylic acids is 2. The Hall–Kier alpha value is -2.82. The summed E-state index contributed by atoms with van der Waals surface area (Å²) in [7, 11) is 0. The summed E-state index contributed by atoms with van der Waals surface area (Å²) in [6.07, 6.45) is 0.655. The van der Waals surface area contributed by atoms with E-state index in [9.17, 15) is 9.59 Å². The molecule has 5 heteroatoms. The van der Waals surface area contributed by atoms with E-state index in [0.29, 0.717) is 26.0 Å². The molecule has 5 nitrogen and oxygen atoms in total. The Labute approximate surface area is 154 Å². The second-order valence-corrected chi connectivity index (χ2v) is 6.57. The fraction of sp³-hybridized carbons (Fsp3) is 0.333. The first-order valence-corrected chi connectivity index (χ1v) is 8.93. The quantitative estimate of drug-likeness (QED) is 0.870. The molecule has 26 heavy (non-hydrogen) atoms. The van der Waals surface area contributed by atoms with Gasteiger partial charge in [0.2, 0.25) is 11.8 Å². The number of carbonyl (C=O) groups is 2. The monoisotopic (exact) mass is 352 g/mol. The van der Waals surface area contributed by atoms with Crippen molar-refractivity contribution in [1.82, 2.24) is 5.32 Å². The van der Waals surface area contributed by atoms with Gasteiger partial charge in [-0.15, -0.1) is 0 Å². The second-order valence-electron chi connectivity index (χ2n) is 6.57. The van der Waals surface area contributed by atoms with E-state index in [2.05, 4.69) is 5.32 Å². The molecule has 3 rings (SSSR count). The van der Waals surface area contributed by atoms with Crippen molar-refractivity contribution in [2.45, 2.75) is 32.7 Å². The third-order valence-electron chi connectivity index (χ3n) is 4.40. The lowest BCUT2D eigenvalue weighted by molar-refractivity contribution is -0.121. The van der Waals surface area contributed by atoms with Crippen LogP contribution < -0.4 is 15.0 Å². The number of ether oxygens (including phenoxy) is 1. The molecule has 0 aromatic heterocycles. The van der Waals surface area contributed by atoms with Crippen LogP contribution in [-0.2, 0) is 16.0 Å². The third-order valence-corrected chi connectivity index (χ3v) is 4.40. The van der Waals surface area contributed by atoms with E-state index in [-0.39, 0.29) is 17.9 Å². The number of rotatable bonds is 6. The van der Waals surface area contributed by atoms with E-state index in [1.165, 1.54) is 0 Å². The summed E-state index contributed by atoms with van der Waals surface area (Å²) in [5, 5.41) is 2.98. The molecule has 2 aromatic rings. The molecule has 0 aliphatic carbocycles. The molecule has 0 spiro atoms. The number of hydrogen-bond acceptors (Lipinski definition) is 3. The smallest absolute Gasteiger partial charge is 0.229 e. The molecule has 2 amide bonds. The molecule has 1 aliphatic rings. The molecule has 1 aliphatic heterocycles. The maximum Gasteiger partial charge on any atom is 0.229 e. The van der Waals surface area contributed by atoms with E-state index >= 15 is 0 Å². The maximum atomic E-state index is 12.3. The van der Waals surface area contributed by atoms with Crippen LogP contribution in [0.25, 0.3) is 0 Å². The van der Waals surface area contributed by atoms with Gasteiger partial charge in [0.15, 0.2) is 0 Å². The van der Waals surface area contributed by atoms with E-state index in [1.807, 2.05) is 62.4 Å². The van der Waals surface area contributed by atoms with Gasteiger partial charge in [-0.1, -0.05) is 29.8 Å². The van der Waals surface area contributed by atoms with Crippen molar-refractivity contribution < 1.29 is 14.3 Å². The van der Waals surface area contributed by atoms with Gasteiger partial charge in [-0.25, -0.2) is 0 Å². The molecule has 1 fully saturated rings. The molecule has 2 aromatic carbocycles. The van der Waals surface area contributed by atoms with Crippen LogP contribution >= 0.6 is 0 Å². The molecule has 1 N–H and O–H groups in total. The average molecular weight is 352 g/mol. The van der Waals surface area contributed by atoms with Crippen molar-refractivity contribution in [2.75, 3.05) is 18.1 Å². The highest BCUT2D eigenvalue weighted by molar-refractivity contribution is 5.97. The summed E-state index contributed by atoms with van der Waals surface area (Å²) in [6, 6.07) is 15.2. The van der Waals surface area contributed by atoms with Crippen LogP contribution in [0.5, 0.6) is 5.75 Å². The van der Waals surface area contributed by atoms with Crippen LogP contribution in [0.1, 0.15) is 24.5 Å². The molecule has 1 heterocycles. The van der Waals surface area contributed by atoms with Crippen LogP contribution in [0.3, 0.4) is 0 Å². The van der Waals surface area contributed by atoms with Crippen molar-refractivity contribution in [2.24, 2.45) is 0 Å². The zero-order valence-corrected chi connectivity index (χ0v) is 15.2. The van der Waals surface area contributed by atoms with Gasteiger partial charge < -0.3 is 15.0 Å². The minimum atomic E-state index is -0.161. The minimum Gasteiger partial charge on any atom is -0.494 e. The number of anilines is 1. The number of nitrogens with one attached hydrogen (secondary N) is 1. The van der Waals surface area contributed by atoms with Crippen molar-refractivity contribution in [3.63, 3.8) is 0 Å². The van der Waals surface area contributed by atoms with Gasteiger partial charge in [0.25, 0.3) is 0 Å². The van der Waals surface area contributed by atoms with E-state index in [4.69, 9.17) is 4.74 Å². The third kappa shape index (κ3) is 4.42. The number of amides is 2. The van der Waals surface area contributed by atoms with Gasteiger partial charge in [-0.05, 0) is 43.7 Å². The molecule has 1 atom stereocenters. The highest BCUT2D eigenvalue weighted by atomic mass is 16.5. The van der Waals surface area contributed by atoms with Crippen molar-refractivity contribution in [3.8, 4) is 5.75 Å². The number of aryl methyl sites for hydroxylation is 1. The Morgan fingerprint density at radius 1 is 1.23 bits per heavy atom. The fourth-order valence-electron chi connectivity index (χ4n) is 3.23. The lowest BCUT2D eigenvalue weighted by atomic mass is 10.1. The standard InChI is InChI=1S/C21H24N2O3/c1-3-26-19-9-7-18(8-10-19)23-14-17(13-21(23)25)22-20(24)12-16-6-4-5-15(2)11-16/h4-11,17H,3,12-14H2,1-2H3,(H,22,24)/t17-/m0/s1. The predicted molar refractivity (Wildman–Crippen MR) is 101 cm³/mol. The van der Waals surface area contributed by atoms with Gasteiger partial charge in [-0.2, -0.15) is 0 Å². The summed E-state index contributed by atoms with van der Waals surface area (Å²) in [6.45, 7) is 5.04. The molecule has 0 saturated carbocycles. The summed E-state index contributed by atoms with van der Waals surface area (Å²) in [5.41, 5.74) is 2.94. The zero-order chi connectivity index (χ0) is 18.5. The average Bonchev–Trinajstić information content (AvgIpc) is 2.96. The lowest BCUT2D eigenvalue weighted by Gasteiger charge is -2.18. The van der Waals surface area contributed by atoms with E-state index < -0.39 is 0 Å². The number of hydrogen-bond donors (Lipinski definition) is 1. The highest BCUT2D eigenvalue weighted by Gasteiger charge is 2.31. The second kappa shape index (κ2) is 8.04. The van der Waals surface area contributed by atoms with Crippen molar-refractivity contribution in [1.29, 1.82) is 0 Å². The first-order valence-electron chi connectivity index (χ1n) is 8.93. The van der Waals surface area contributed by atoms with Gasteiger partial charge in [0, 0.05) is 18.7 Å². The van der Waals surface area contributed by atoms with Crippen LogP contribution in [0, 0.1) is 6.92 Å². The van der Waals surface area contributed by atoms with Gasteiger partial charge in [-0.3, -0.25) is 9.59 Å². The minimum absolute atomic E-state index is 0.0232. The van der Waals surface area contributed by atoms with E-state index in [0.717, 1.165) is 22.6 Å². The fourth-order valence-corrected chi connectivity index (χ4v) is 3.23. The Morgan fingerprint density at radius 3 is 2.69 bits per heavy atom. The van der Waals surface area contributed by atoms with Gasteiger partial charge in [0.1, 0.15) is 5.75 Å². The van der Waals surface area contributed by atoms with Crippen LogP contribution in [0.4, 0.5) is 5.69 Å². The summed E-state index contributed by atoms with van der Waals surface area (Å²) >= 11 is 0. The predicted octanol–water partition coefficient (Wildman–Crippen LogP) is 2.86. The molecular formula is C21H24N2O3. The lowest BCUT2D eigenvalue weighted by Crippen LogP contribution is -2.38. The topological polar surface area (TPSA) is 58.6 Å². The highest BCUT2D eigenvalue weighted by Crippen LogP contribution is 2.24. The SMILES string of the molecule is CCOc1ccc(N2C[C@@H](NC(=O)Cc3cccc(C)c3)CC2=O)cc1. The summed E-state index contributed by atoms with van der Waals surface area (Å²) in [5.74, 6) is 0.753. The van der Waals surface area contributed by atoms with Crippen molar-refractivity contribution in [3.05, 3.63) is 59.7 Å². The molecule has 0 unspecified atom stereocenters. The molecule has 1 saturated heterocycles. The Bertz CT molecular complexity index is 786. The molecule has 0 bridgehead atoms. The van der Waals surface area contributed by atoms with Crippen LogP contribution in [0.2, 0.25) is 0 Å². The largest absolute Gasteiger partial charge is 0.494 e. The first kappa shape index (κ1) is 18.0.